The zero-order valence-corrected chi connectivity index (χ0v) is 18.3. The number of aromatic hydroxyl groups is 1. The predicted octanol–water partition coefficient (Wildman–Crippen LogP) is 4.57. The Morgan fingerprint density at radius 1 is 1.17 bits per heavy atom. The van der Waals surface area contributed by atoms with Crippen molar-refractivity contribution < 1.29 is 5.11 Å². The average Bonchev–Trinajstić information content (AvgIpc) is 3.57. The van der Waals surface area contributed by atoms with Crippen LogP contribution in [-0.2, 0) is 18.4 Å². The van der Waals surface area contributed by atoms with Crippen LogP contribution in [0.4, 0.5) is 5.95 Å². The second kappa shape index (κ2) is 7.84. The van der Waals surface area contributed by atoms with Gasteiger partial charge in [-0.25, -0.2) is 9.97 Å². The van der Waals surface area contributed by atoms with Gasteiger partial charge in [-0.3, -0.25) is 4.90 Å². The highest BCUT2D eigenvalue weighted by atomic mass is 16.3. The van der Waals surface area contributed by atoms with Gasteiger partial charge in [-0.1, -0.05) is 19.1 Å². The number of phenolic OH excluding ortho intramolecular Hbond substituents is 1. The van der Waals surface area contributed by atoms with E-state index in [1.165, 1.54) is 55.3 Å². The highest BCUT2D eigenvalue weighted by Crippen LogP contribution is 2.42. The number of nitrogens with one attached hydrogen (secondary N) is 1. The van der Waals surface area contributed by atoms with Crippen molar-refractivity contribution in [3.8, 4) is 5.75 Å². The zero-order valence-electron chi connectivity index (χ0n) is 18.3. The first kappa shape index (κ1) is 19.8. The molecule has 1 aromatic heterocycles. The molecule has 2 saturated carbocycles. The second-order valence-electron chi connectivity index (χ2n) is 9.94. The van der Waals surface area contributed by atoms with E-state index in [0.717, 1.165) is 43.6 Å². The monoisotopic (exact) mass is 406 g/mol. The normalized spacial score (nSPS) is 26.9. The summed E-state index contributed by atoms with van der Waals surface area (Å²) in [4.78, 5) is 12.3. The Morgan fingerprint density at radius 3 is 2.70 bits per heavy atom. The highest BCUT2D eigenvalue weighted by molar-refractivity contribution is 5.36. The largest absolute Gasteiger partial charge is 0.508 e. The Hall–Kier alpha value is -2.14. The van der Waals surface area contributed by atoms with Gasteiger partial charge in [-0.05, 0) is 74.5 Å². The number of aryl methyl sites for hydroxylation is 1. The Bertz CT molecular complexity index is 915. The summed E-state index contributed by atoms with van der Waals surface area (Å²) in [6.45, 7) is 7.60. The number of anilines is 1. The molecule has 30 heavy (non-hydrogen) atoms. The summed E-state index contributed by atoms with van der Waals surface area (Å²) in [5.41, 5.74) is 5.19. The van der Waals surface area contributed by atoms with Crippen molar-refractivity contribution in [1.82, 2.24) is 14.9 Å². The van der Waals surface area contributed by atoms with Crippen molar-refractivity contribution in [3.63, 3.8) is 0 Å². The molecule has 1 aromatic carbocycles. The van der Waals surface area contributed by atoms with Crippen LogP contribution in [0, 0.1) is 12.8 Å². The maximum absolute atomic E-state index is 9.89. The van der Waals surface area contributed by atoms with Gasteiger partial charge in [0.25, 0.3) is 0 Å². The molecule has 2 fully saturated rings. The Labute approximate surface area is 179 Å². The standard InChI is InChI=1S/C25H34N4O/c1-17-22-16-29(13-10-23(22)28-24(27-17)26-15-18-6-7-18)20-8-11-25(2,12-9-20)19-4-3-5-21(30)14-19/h3-5,14,18,20,30H,6-13,15-16H2,1-2H3,(H,26,27,28). The molecule has 160 valence electrons. The lowest BCUT2D eigenvalue weighted by atomic mass is 9.69. The summed E-state index contributed by atoms with van der Waals surface area (Å²) >= 11 is 0. The van der Waals surface area contributed by atoms with Crippen LogP contribution in [0.1, 0.15) is 68.0 Å². The summed E-state index contributed by atoms with van der Waals surface area (Å²) in [6, 6.07) is 8.50. The molecule has 5 nitrogen and oxygen atoms in total. The van der Waals surface area contributed by atoms with Crippen molar-refractivity contribution in [2.45, 2.75) is 76.8 Å². The quantitative estimate of drug-likeness (QED) is 0.762. The van der Waals surface area contributed by atoms with Crippen LogP contribution in [0.5, 0.6) is 5.75 Å². The molecule has 0 radical (unpaired) electrons. The van der Waals surface area contributed by atoms with Crippen LogP contribution in [0.25, 0.3) is 0 Å². The van der Waals surface area contributed by atoms with Crippen molar-refractivity contribution in [3.05, 3.63) is 46.8 Å². The molecular weight excluding hydrogens is 372 g/mol. The molecule has 0 atom stereocenters. The molecule has 2 N–H and O–H groups in total. The zero-order chi connectivity index (χ0) is 20.7. The first-order valence-electron chi connectivity index (χ1n) is 11.6. The third-order valence-electron chi connectivity index (χ3n) is 7.66. The fourth-order valence-electron chi connectivity index (χ4n) is 5.32. The average molecular weight is 407 g/mol. The molecule has 0 saturated heterocycles. The van der Waals surface area contributed by atoms with E-state index < -0.39 is 0 Å². The number of aromatic nitrogens is 2. The maximum atomic E-state index is 9.89. The topological polar surface area (TPSA) is 61.3 Å². The van der Waals surface area contributed by atoms with Gasteiger partial charge >= 0.3 is 0 Å². The van der Waals surface area contributed by atoms with Crippen molar-refractivity contribution in [2.75, 3.05) is 18.4 Å². The van der Waals surface area contributed by atoms with Gasteiger partial charge in [0.2, 0.25) is 5.95 Å². The number of hydrogen-bond acceptors (Lipinski definition) is 5. The van der Waals surface area contributed by atoms with E-state index >= 15 is 0 Å². The number of nitrogens with zero attached hydrogens (tertiary/aromatic N) is 3. The smallest absolute Gasteiger partial charge is 0.223 e. The van der Waals surface area contributed by atoms with Crippen LogP contribution < -0.4 is 5.32 Å². The lowest BCUT2D eigenvalue weighted by Gasteiger charge is -2.43. The van der Waals surface area contributed by atoms with Gasteiger partial charge in [-0.15, -0.1) is 0 Å². The van der Waals surface area contributed by atoms with Gasteiger partial charge in [0.15, 0.2) is 0 Å². The summed E-state index contributed by atoms with van der Waals surface area (Å²) in [6.07, 6.45) is 8.48. The first-order valence-corrected chi connectivity index (χ1v) is 11.6. The van der Waals surface area contributed by atoms with E-state index in [9.17, 15) is 5.11 Å². The van der Waals surface area contributed by atoms with E-state index in [4.69, 9.17) is 9.97 Å². The number of fused-ring (bicyclic) bond motifs is 1. The molecule has 3 aliphatic rings. The lowest BCUT2D eigenvalue weighted by Crippen LogP contribution is -2.44. The van der Waals surface area contributed by atoms with Crippen LogP contribution in [0.3, 0.4) is 0 Å². The minimum absolute atomic E-state index is 0.171. The number of hydrogen-bond donors (Lipinski definition) is 2. The summed E-state index contributed by atoms with van der Waals surface area (Å²) in [5.74, 6) is 2.04. The lowest BCUT2D eigenvalue weighted by molar-refractivity contribution is 0.114. The Morgan fingerprint density at radius 2 is 1.97 bits per heavy atom. The van der Waals surface area contributed by atoms with E-state index in [1.807, 2.05) is 12.1 Å². The van der Waals surface area contributed by atoms with E-state index in [1.54, 1.807) is 6.07 Å². The number of benzene rings is 1. The second-order valence-corrected chi connectivity index (χ2v) is 9.94. The predicted molar refractivity (Wildman–Crippen MR) is 120 cm³/mol. The maximum Gasteiger partial charge on any atom is 0.223 e. The van der Waals surface area contributed by atoms with Gasteiger partial charge in [-0.2, -0.15) is 0 Å². The fourth-order valence-corrected chi connectivity index (χ4v) is 5.32. The van der Waals surface area contributed by atoms with Gasteiger partial charge in [0.05, 0.1) is 5.69 Å². The molecule has 5 rings (SSSR count). The Kier molecular flexibility index (Phi) is 5.18. The summed E-state index contributed by atoms with van der Waals surface area (Å²) < 4.78 is 0. The number of phenols is 1. The van der Waals surface area contributed by atoms with Crippen molar-refractivity contribution >= 4 is 5.95 Å². The molecule has 2 heterocycles. The minimum atomic E-state index is 0.171. The van der Waals surface area contributed by atoms with Gasteiger partial charge in [0.1, 0.15) is 5.75 Å². The fraction of sp³-hybridized carbons (Fsp3) is 0.600. The van der Waals surface area contributed by atoms with Crippen LogP contribution in [0.15, 0.2) is 24.3 Å². The SMILES string of the molecule is Cc1nc(NCC2CC2)nc2c1CN(C1CCC(C)(c3cccc(O)c3)CC1)CC2. The molecule has 0 unspecified atom stereocenters. The van der Waals surface area contributed by atoms with E-state index in [-0.39, 0.29) is 5.41 Å². The summed E-state index contributed by atoms with van der Waals surface area (Å²) in [5, 5.41) is 13.3. The molecule has 5 heteroatoms. The van der Waals surface area contributed by atoms with E-state index in [2.05, 4.69) is 30.1 Å². The molecule has 2 aromatic rings. The first-order chi connectivity index (χ1) is 14.5. The third kappa shape index (κ3) is 4.04. The Balaban J connectivity index is 1.23. The summed E-state index contributed by atoms with van der Waals surface area (Å²) in [7, 11) is 0. The van der Waals surface area contributed by atoms with Gasteiger partial charge < -0.3 is 10.4 Å². The molecule has 2 aliphatic carbocycles. The molecule has 1 aliphatic heterocycles. The van der Waals surface area contributed by atoms with Gasteiger partial charge in [0, 0.05) is 43.4 Å². The van der Waals surface area contributed by atoms with Crippen molar-refractivity contribution in [2.24, 2.45) is 5.92 Å². The van der Waals surface area contributed by atoms with Crippen LogP contribution >= 0.6 is 0 Å². The molecule has 0 bridgehead atoms. The highest BCUT2D eigenvalue weighted by Gasteiger charge is 2.36. The third-order valence-corrected chi connectivity index (χ3v) is 7.66. The molecule has 0 amide bonds. The van der Waals surface area contributed by atoms with Crippen molar-refractivity contribution in [1.29, 1.82) is 0 Å². The van der Waals surface area contributed by atoms with Crippen LogP contribution in [-0.4, -0.2) is 39.1 Å². The molecule has 0 spiro atoms. The minimum Gasteiger partial charge on any atom is -0.508 e. The van der Waals surface area contributed by atoms with E-state index in [0.29, 0.717) is 11.8 Å². The van der Waals surface area contributed by atoms with Crippen LogP contribution in [0.2, 0.25) is 0 Å². The molecular formula is C25H34N4O. The number of rotatable bonds is 5.